The number of nitrogens with one attached hydrogen (secondary N) is 1. The third-order valence-corrected chi connectivity index (χ3v) is 3.91. The number of aromatic nitrogens is 2. The van der Waals surface area contributed by atoms with Crippen LogP contribution < -0.4 is 5.32 Å². The number of nitriles is 1. The lowest BCUT2D eigenvalue weighted by Gasteiger charge is -2.21. The molecule has 0 bridgehead atoms. The Morgan fingerprint density at radius 1 is 1.39 bits per heavy atom. The van der Waals surface area contributed by atoms with E-state index in [2.05, 4.69) is 36.7 Å². The third kappa shape index (κ3) is 1.92. The maximum atomic E-state index is 9.17. The van der Waals surface area contributed by atoms with Gasteiger partial charge in [-0.05, 0) is 54.0 Å². The first-order chi connectivity index (χ1) is 8.79. The molecule has 0 spiro atoms. The Bertz CT molecular complexity index is 620. The summed E-state index contributed by atoms with van der Waals surface area (Å²) in [4.78, 5) is 4.53. The zero-order valence-corrected chi connectivity index (χ0v) is 11.4. The van der Waals surface area contributed by atoms with Crippen molar-refractivity contribution in [2.45, 2.75) is 18.8 Å². The van der Waals surface area contributed by atoms with Crippen molar-refractivity contribution in [2.75, 3.05) is 13.1 Å². The van der Waals surface area contributed by atoms with Crippen molar-refractivity contribution >= 4 is 21.4 Å². The molecule has 1 aliphatic heterocycles. The Morgan fingerprint density at radius 3 is 2.89 bits per heavy atom. The Morgan fingerprint density at radius 2 is 2.17 bits per heavy atom. The second-order valence-corrected chi connectivity index (χ2v) is 5.47. The van der Waals surface area contributed by atoms with Crippen molar-refractivity contribution in [1.29, 1.82) is 5.26 Å². The summed E-state index contributed by atoms with van der Waals surface area (Å²) in [6.07, 6.45) is 4.16. The summed E-state index contributed by atoms with van der Waals surface area (Å²) in [5.41, 5.74) is 1.42. The first kappa shape index (κ1) is 11.7. The summed E-state index contributed by atoms with van der Waals surface area (Å²) >= 11 is 3.48. The van der Waals surface area contributed by atoms with Crippen LogP contribution in [0.5, 0.6) is 0 Å². The van der Waals surface area contributed by atoms with Gasteiger partial charge >= 0.3 is 0 Å². The van der Waals surface area contributed by atoms with Crippen LogP contribution in [0, 0.1) is 11.3 Å². The number of fused-ring (bicyclic) bond motifs is 1. The van der Waals surface area contributed by atoms with Crippen molar-refractivity contribution < 1.29 is 0 Å². The molecule has 0 unspecified atom stereocenters. The molecule has 4 nitrogen and oxygen atoms in total. The fourth-order valence-corrected chi connectivity index (χ4v) is 2.87. The van der Waals surface area contributed by atoms with E-state index in [1.165, 1.54) is 0 Å². The van der Waals surface area contributed by atoms with Gasteiger partial charge in [0.2, 0.25) is 0 Å². The number of nitrogens with zero attached hydrogens (tertiary/aromatic N) is 3. The predicted molar refractivity (Wildman–Crippen MR) is 72.5 cm³/mol. The van der Waals surface area contributed by atoms with Crippen molar-refractivity contribution in [3.63, 3.8) is 0 Å². The SMILES string of the molecule is N#Cc1nc(C2CCNCC2)n2cc(Br)ccc12. The summed E-state index contributed by atoms with van der Waals surface area (Å²) in [5, 5.41) is 12.5. The normalized spacial score (nSPS) is 16.9. The van der Waals surface area contributed by atoms with Crippen LogP contribution in [0.15, 0.2) is 22.8 Å². The van der Waals surface area contributed by atoms with Gasteiger partial charge in [-0.3, -0.25) is 0 Å². The Kier molecular flexibility index (Phi) is 3.06. The first-order valence-electron chi connectivity index (χ1n) is 6.08. The predicted octanol–water partition coefficient (Wildman–Crippen LogP) is 2.44. The van der Waals surface area contributed by atoms with Crippen LogP contribution >= 0.6 is 15.9 Å². The molecule has 1 N–H and O–H groups in total. The van der Waals surface area contributed by atoms with Crippen LogP contribution in [0.25, 0.3) is 5.52 Å². The summed E-state index contributed by atoms with van der Waals surface area (Å²) in [6, 6.07) is 6.08. The van der Waals surface area contributed by atoms with E-state index >= 15 is 0 Å². The van der Waals surface area contributed by atoms with Gasteiger partial charge in [0.1, 0.15) is 11.9 Å². The van der Waals surface area contributed by atoms with Gasteiger partial charge in [-0.2, -0.15) is 5.26 Å². The van der Waals surface area contributed by atoms with Gasteiger partial charge in [-0.1, -0.05) is 0 Å². The molecule has 92 valence electrons. The van der Waals surface area contributed by atoms with Gasteiger partial charge in [-0.25, -0.2) is 4.98 Å². The molecule has 0 atom stereocenters. The van der Waals surface area contributed by atoms with Gasteiger partial charge in [-0.15, -0.1) is 0 Å². The minimum Gasteiger partial charge on any atom is -0.317 e. The van der Waals surface area contributed by atoms with E-state index in [4.69, 9.17) is 5.26 Å². The number of rotatable bonds is 1. The number of hydrogen-bond donors (Lipinski definition) is 1. The van der Waals surface area contributed by atoms with Gasteiger partial charge in [0.15, 0.2) is 5.69 Å². The molecule has 3 rings (SSSR count). The van der Waals surface area contributed by atoms with Gasteiger partial charge in [0.05, 0.1) is 5.52 Å². The number of piperidine rings is 1. The smallest absolute Gasteiger partial charge is 0.166 e. The summed E-state index contributed by atoms with van der Waals surface area (Å²) < 4.78 is 3.06. The topological polar surface area (TPSA) is 53.1 Å². The molecule has 0 radical (unpaired) electrons. The van der Waals surface area contributed by atoms with Gasteiger partial charge in [0.25, 0.3) is 0 Å². The molecule has 0 aliphatic carbocycles. The molecule has 2 aromatic rings. The van der Waals surface area contributed by atoms with E-state index in [9.17, 15) is 0 Å². The van der Waals surface area contributed by atoms with Crippen LogP contribution in [0.3, 0.4) is 0 Å². The lowest BCUT2D eigenvalue weighted by molar-refractivity contribution is 0.444. The Labute approximate surface area is 114 Å². The molecule has 0 amide bonds. The monoisotopic (exact) mass is 304 g/mol. The van der Waals surface area contributed by atoms with E-state index in [0.717, 1.165) is 41.7 Å². The Balaban J connectivity index is 2.16. The van der Waals surface area contributed by atoms with Gasteiger partial charge < -0.3 is 9.72 Å². The zero-order valence-electron chi connectivity index (χ0n) is 9.86. The van der Waals surface area contributed by atoms with E-state index in [-0.39, 0.29) is 0 Å². The lowest BCUT2D eigenvalue weighted by Crippen LogP contribution is -2.27. The average Bonchev–Trinajstić information content (AvgIpc) is 2.77. The highest BCUT2D eigenvalue weighted by Crippen LogP contribution is 2.27. The lowest BCUT2D eigenvalue weighted by atomic mass is 9.97. The third-order valence-electron chi connectivity index (χ3n) is 3.44. The van der Waals surface area contributed by atoms with E-state index < -0.39 is 0 Å². The van der Waals surface area contributed by atoms with Crippen LogP contribution in [0.1, 0.15) is 30.3 Å². The molecular formula is C13H13BrN4. The largest absolute Gasteiger partial charge is 0.317 e. The fraction of sp³-hybridized carbons (Fsp3) is 0.385. The molecule has 1 aliphatic rings. The average molecular weight is 305 g/mol. The molecule has 1 fully saturated rings. The molecule has 3 heterocycles. The minimum absolute atomic E-state index is 0.440. The van der Waals surface area contributed by atoms with E-state index in [0.29, 0.717) is 11.6 Å². The summed E-state index contributed by atoms with van der Waals surface area (Å²) in [7, 11) is 0. The second kappa shape index (κ2) is 4.71. The molecule has 18 heavy (non-hydrogen) atoms. The van der Waals surface area contributed by atoms with Crippen LogP contribution in [0.2, 0.25) is 0 Å². The number of hydrogen-bond acceptors (Lipinski definition) is 3. The highest BCUT2D eigenvalue weighted by molar-refractivity contribution is 9.10. The quantitative estimate of drug-likeness (QED) is 0.880. The Hall–Kier alpha value is -1.38. The fourth-order valence-electron chi connectivity index (χ4n) is 2.53. The van der Waals surface area contributed by atoms with Gasteiger partial charge in [0, 0.05) is 16.6 Å². The van der Waals surface area contributed by atoms with Crippen molar-refractivity contribution in [3.05, 3.63) is 34.3 Å². The molecule has 0 saturated carbocycles. The number of halogens is 1. The zero-order chi connectivity index (χ0) is 12.5. The number of pyridine rings is 1. The second-order valence-electron chi connectivity index (χ2n) is 4.56. The van der Waals surface area contributed by atoms with Crippen molar-refractivity contribution in [2.24, 2.45) is 0 Å². The van der Waals surface area contributed by atoms with E-state index in [1.807, 2.05) is 18.3 Å². The molecular weight excluding hydrogens is 292 g/mol. The highest BCUT2D eigenvalue weighted by Gasteiger charge is 2.21. The number of imidazole rings is 1. The van der Waals surface area contributed by atoms with Crippen LogP contribution in [0.4, 0.5) is 0 Å². The standard InChI is InChI=1S/C13H13BrN4/c14-10-1-2-12-11(7-15)17-13(18(12)8-10)9-3-5-16-6-4-9/h1-2,8-9,16H,3-6H2. The van der Waals surface area contributed by atoms with Crippen molar-refractivity contribution in [3.8, 4) is 6.07 Å². The summed E-state index contributed by atoms with van der Waals surface area (Å²) in [6.45, 7) is 2.05. The maximum Gasteiger partial charge on any atom is 0.166 e. The van der Waals surface area contributed by atoms with E-state index in [1.54, 1.807) is 0 Å². The molecule has 1 saturated heterocycles. The molecule has 0 aromatic carbocycles. The highest BCUT2D eigenvalue weighted by atomic mass is 79.9. The van der Waals surface area contributed by atoms with Crippen LogP contribution in [-0.2, 0) is 0 Å². The van der Waals surface area contributed by atoms with Crippen LogP contribution in [-0.4, -0.2) is 22.5 Å². The summed E-state index contributed by atoms with van der Waals surface area (Å²) in [5.74, 6) is 1.46. The first-order valence-corrected chi connectivity index (χ1v) is 6.87. The van der Waals surface area contributed by atoms with Crippen molar-refractivity contribution in [1.82, 2.24) is 14.7 Å². The molecule has 5 heteroatoms. The molecule has 2 aromatic heterocycles. The minimum atomic E-state index is 0.440. The maximum absolute atomic E-state index is 9.17.